The maximum absolute atomic E-state index is 10.7. The first kappa shape index (κ1) is 16.4. The van der Waals surface area contributed by atoms with E-state index >= 15 is 0 Å². The summed E-state index contributed by atoms with van der Waals surface area (Å²) in [5.41, 5.74) is 1.87. The molecular weight excluding hydrogens is 372 g/mol. The Morgan fingerprint density at radius 2 is 1.81 bits per heavy atom. The van der Waals surface area contributed by atoms with Crippen LogP contribution in [-0.4, -0.2) is 10.1 Å². The number of thioether (sulfide) groups is 1. The molecule has 0 radical (unpaired) electrons. The van der Waals surface area contributed by atoms with Crippen LogP contribution in [0.25, 0.3) is 21.0 Å². The zero-order chi connectivity index (χ0) is 18.2. The predicted octanol–water partition coefficient (Wildman–Crippen LogP) is 6.45. The minimum Gasteiger partial charge on any atom is -0.508 e. The number of phenolic OH excluding ortho intramolecular Hbond substituents is 1. The van der Waals surface area contributed by atoms with Gasteiger partial charge in [-0.3, -0.25) is 0 Å². The molecule has 3 aromatic carbocycles. The Kier molecular flexibility index (Phi) is 4.11. The molecule has 5 heteroatoms. The van der Waals surface area contributed by atoms with Gasteiger partial charge < -0.3 is 10.4 Å². The second-order valence-electron chi connectivity index (χ2n) is 6.28. The van der Waals surface area contributed by atoms with Crippen LogP contribution >= 0.6 is 23.1 Å². The van der Waals surface area contributed by atoms with Gasteiger partial charge in [0.05, 0.1) is 10.2 Å². The molecule has 0 saturated carbocycles. The quantitative estimate of drug-likeness (QED) is 0.386. The molecule has 5 rings (SSSR count). The highest BCUT2D eigenvalue weighted by Crippen LogP contribution is 2.45. The van der Waals surface area contributed by atoms with Gasteiger partial charge in [0.25, 0.3) is 0 Å². The summed E-state index contributed by atoms with van der Waals surface area (Å²) >= 11 is 3.32. The summed E-state index contributed by atoms with van der Waals surface area (Å²) in [4.78, 5) is 5.90. The van der Waals surface area contributed by atoms with Gasteiger partial charge >= 0.3 is 0 Å². The van der Waals surface area contributed by atoms with Crippen LogP contribution in [0, 0.1) is 0 Å². The molecule has 0 saturated heterocycles. The largest absolute Gasteiger partial charge is 0.508 e. The minimum atomic E-state index is -0.145. The third kappa shape index (κ3) is 3.09. The molecule has 1 heterocycles. The Bertz CT molecular complexity index is 1180. The molecule has 1 aliphatic rings. The first-order valence-electron chi connectivity index (χ1n) is 8.66. The van der Waals surface area contributed by atoms with Gasteiger partial charge in [-0.25, -0.2) is 4.98 Å². The number of hydrogen-bond donors (Lipinski definition) is 2. The normalized spacial score (nSPS) is 14.1. The van der Waals surface area contributed by atoms with E-state index in [0.717, 1.165) is 31.7 Å². The number of aromatic nitrogens is 1. The second-order valence-corrected chi connectivity index (χ2v) is 8.49. The summed E-state index contributed by atoms with van der Waals surface area (Å²) in [6.45, 7) is 0. The number of rotatable bonds is 5. The lowest BCUT2D eigenvalue weighted by molar-refractivity contribution is 0.470. The topological polar surface area (TPSA) is 45.1 Å². The molecule has 1 unspecified atom stereocenters. The number of aromatic hydroxyl groups is 1. The average molecular weight is 389 g/mol. The van der Waals surface area contributed by atoms with Gasteiger partial charge in [0.15, 0.2) is 5.13 Å². The van der Waals surface area contributed by atoms with Crippen molar-refractivity contribution in [2.45, 2.75) is 5.37 Å². The van der Waals surface area contributed by atoms with Crippen molar-refractivity contribution in [3.63, 3.8) is 0 Å². The van der Waals surface area contributed by atoms with E-state index in [9.17, 15) is 5.11 Å². The molecule has 0 aliphatic heterocycles. The number of hydrogen-bond acceptors (Lipinski definition) is 5. The third-order valence-electron chi connectivity index (χ3n) is 4.53. The van der Waals surface area contributed by atoms with E-state index in [1.165, 1.54) is 4.91 Å². The average Bonchev–Trinajstić information content (AvgIpc) is 3.06. The van der Waals surface area contributed by atoms with E-state index in [-0.39, 0.29) is 5.37 Å². The van der Waals surface area contributed by atoms with Gasteiger partial charge in [-0.1, -0.05) is 71.6 Å². The standard InChI is InChI=1S/C22H16N2OS2/c25-18-13-12-14-6-1-2-9-16(14)20(18)21(26-15-7-5-8-15)24-22-23-17-10-3-4-11-19(17)27-22/h1-13,21,25H,(H,23,24). The Balaban J connectivity index is 1.60. The van der Waals surface area contributed by atoms with Crippen molar-refractivity contribution < 1.29 is 5.11 Å². The Labute approximate surface area is 165 Å². The zero-order valence-corrected chi connectivity index (χ0v) is 15.9. The lowest BCUT2D eigenvalue weighted by atomic mass is 10.0. The summed E-state index contributed by atoms with van der Waals surface area (Å²) in [5.74, 6) is 0.295. The fourth-order valence-corrected chi connectivity index (χ4v) is 5.25. The smallest absolute Gasteiger partial charge is 0.184 e. The van der Waals surface area contributed by atoms with E-state index in [4.69, 9.17) is 4.98 Å². The number of allylic oxidation sites excluding steroid dienone is 3. The number of phenols is 1. The molecule has 1 aliphatic carbocycles. The van der Waals surface area contributed by atoms with Gasteiger partial charge in [0.1, 0.15) is 11.1 Å². The number of thiazole rings is 1. The summed E-state index contributed by atoms with van der Waals surface area (Å²) in [5, 5.41) is 17.1. The molecular formula is C22H16N2OS2. The van der Waals surface area contributed by atoms with Gasteiger partial charge in [0, 0.05) is 10.5 Å². The van der Waals surface area contributed by atoms with E-state index < -0.39 is 0 Å². The fraction of sp³-hybridized carbons (Fsp3) is 0.0455. The number of para-hydroxylation sites is 1. The molecule has 27 heavy (non-hydrogen) atoms. The Hall–Kier alpha value is -2.76. The van der Waals surface area contributed by atoms with Crippen LogP contribution in [0.1, 0.15) is 10.9 Å². The number of fused-ring (bicyclic) bond motifs is 2. The van der Waals surface area contributed by atoms with Crippen LogP contribution in [0.2, 0.25) is 0 Å². The van der Waals surface area contributed by atoms with Crippen LogP contribution in [0.3, 0.4) is 0 Å². The Morgan fingerprint density at radius 1 is 1.00 bits per heavy atom. The van der Waals surface area contributed by atoms with E-state index in [1.54, 1.807) is 29.2 Å². The van der Waals surface area contributed by atoms with Crippen molar-refractivity contribution in [3.05, 3.63) is 89.4 Å². The summed E-state index contributed by atoms with van der Waals surface area (Å²) in [6, 6.07) is 20.0. The monoisotopic (exact) mass is 388 g/mol. The SMILES string of the molecule is Oc1ccc2ccccc2c1C(Nc1nc2ccccc2s1)SC1=CC=C1. The molecule has 4 aromatic rings. The highest BCUT2D eigenvalue weighted by Gasteiger charge is 2.22. The molecule has 0 spiro atoms. The summed E-state index contributed by atoms with van der Waals surface area (Å²) < 4.78 is 1.15. The van der Waals surface area contributed by atoms with Crippen molar-refractivity contribution in [2.24, 2.45) is 0 Å². The molecule has 0 fully saturated rings. The molecule has 3 nitrogen and oxygen atoms in total. The summed E-state index contributed by atoms with van der Waals surface area (Å²) in [6.07, 6.45) is 6.19. The van der Waals surface area contributed by atoms with Crippen molar-refractivity contribution in [2.75, 3.05) is 5.32 Å². The highest BCUT2D eigenvalue weighted by atomic mass is 32.2. The van der Waals surface area contributed by atoms with Gasteiger partial charge in [0.2, 0.25) is 0 Å². The molecule has 1 atom stereocenters. The van der Waals surface area contributed by atoms with Crippen LogP contribution in [0.15, 0.2) is 83.8 Å². The first-order valence-corrected chi connectivity index (χ1v) is 10.4. The van der Waals surface area contributed by atoms with E-state index in [0.29, 0.717) is 5.75 Å². The molecule has 0 amide bonds. The molecule has 132 valence electrons. The molecule has 2 N–H and O–H groups in total. The molecule has 1 aromatic heterocycles. The van der Waals surface area contributed by atoms with Crippen molar-refractivity contribution in [3.8, 4) is 5.75 Å². The van der Waals surface area contributed by atoms with Crippen LogP contribution in [-0.2, 0) is 0 Å². The van der Waals surface area contributed by atoms with Gasteiger partial charge in [-0.05, 0) is 41.1 Å². The minimum absolute atomic E-state index is 0.145. The van der Waals surface area contributed by atoms with Crippen molar-refractivity contribution >= 4 is 49.2 Å². The highest BCUT2D eigenvalue weighted by molar-refractivity contribution is 8.03. The van der Waals surface area contributed by atoms with Crippen LogP contribution in [0.4, 0.5) is 5.13 Å². The lowest BCUT2D eigenvalue weighted by Crippen LogP contribution is -2.08. The zero-order valence-electron chi connectivity index (χ0n) is 14.3. The Morgan fingerprint density at radius 3 is 2.63 bits per heavy atom. The number of nitrogens with one attached hydrogen (secondary N) is 1. The maximum Gasteiger partial charge on any atom is 0.184 e. The van der Waals surface area contributed by atoms with Crippen LogP contribution < -0.4 is 5.32 Å². The lowest BCUT2D eigenvalue weighted by Gasteiger charge is -2.22. The van der Waals surface area contributed by atoms with E-state index in [1.807, 2.05) is 42.5 Å². The number of benzene rings is 3. The number of anilines is 1. The van der Waals surface area contributed by atoms with Gasteiger partial charge in [-0.2, -0.15) is 0 Å². The third-order valence-corrected chi connectivity index (χ3v) is 6.63. The van der Waals surface area contributed by atoms with E-state index in [2.05, 4.69) is 35.7 Å². The predicted molar refractivity (Wildman–Crippen MR) is 116 cm³/mol. The second kappa shape index (κ2) is 6.76. The van der Waals surface area contributed by atoms with Crippen molar-refractivity contribution in [1.82, 2.24) is 4.98 Å². The fourth-order valence-electron chi connectivity index (χ4n) is 3.16. The first-order chi connectivity index (χ1) is 13.3. The van der Waals surface area contributed by atoms with Crippen molar-refractivity contribution in [1.29, 1.82) is 0 Å². The molecule has 0 bridgehead atoms. The maximum atomic E-state index is 10.7. The van der Waals surface area contributed by atoms with Crippen LogP contribution in [0.5, 0.6) is 5.75 Å². The summed E-state index contributed by atoms with van der Waals surface area (Å²) in [7, 11) is 0. The number of nitrogens with zero attached hydrogens (tertiary/aromatic N) is 1. The van der Waals surface area contributed by atoms with Gasteiger partial charge in [-0.15, -0.1) is 0 Å².